The van der Waals surface area contributed by atoms with Gasteiger partial charge in [-0.2, -0.15) is 5.26 Å². The standard InChI is InChI=1S/C22H27ClN2O5/c1-7-29-20(26)16-13(4)25-22(5,28-6)18(21(27)30-12(2)3)17(16)15-10-8-9-14(11-24)19(15)23/h8-10,12,17-18,25H,7H2,1-6H3. The molecule has 30 heavy (non-hydrogen) atoms. The van der Waals surface area contributed by atoms with E-state index in [1.807, 2.05) is 6.07 Å². The molecule has 0 radical (unpaired) electrons. The number of esters is 2. The number of hydrogen-bond acceptors (Lipinski definition) is 7. The van der Waals surface area contributed by atoms with Crippen molar-refractivity contribution in [3.63, 3.8) is 0 Å². The van der Waals surface area contributed by atoms with Gasteiger partial charge in [-0.3, -0.25) is 4.79 Å². The molecule has 0 aromatic heterocycles. The lowest BCUT2D eigenvalue weighted by Gasteiger charge is -2.45. The van der Waals surface area contributed by atoms with Crippen LogP contribution in [-0.2, 0) is 23.8 Å². The molecule has 0 bridgehead atoms. The summed E-state index contributed by atoms with van der Waals surface area (Å²) in [6.45, 7) is 8.76. The van der Waals surface area contributed by atoms with Crippen molar-refractivity contribution in [2.24, 2.45) is 5.92 Å². The summed E-state index contributed by atoms with van der Waals surface area (Å²) in [6, 6.07) is 6.97. The first kappa shape index (κ1) is 23.7. The zero-order valence-corrected chi connectivity index (χ0v) is 18.8. The average molecular weight is 435 g/mol. The summed E-state index contributed by atoms with van der Waals surface area (Å²) in [5, 5.41) is 12.7. The summed E-state index contributed by atoms with van der Waals surface area (Å²) < 4.78 is 16.5. The zero-order valence-electron chi connectivity index (χ0n) is 18.0. The normalized spacial score (nSPS) is 23.6. The number of allylic oxidation sites excluding steroid dienone is 1. The van der Waals surface area contributed by atoms with Gasteiger partial charge in [-0.15, -0.1) is 0 Å². The van der Waals surface area contributed by atoms with Crippen LogP contribution in [0.3, 0.4) is 0 Å². The molecule has 1 aromatic carbocycles. The maximum atomic E-state index is 13.2. The Bertz CT molecular complexity index is 905. The highest BCUT2D eigenvalue weighted by atomic mass is 35.5. The third kappa shape index (κ3) is 4.45. The Kier molecular flexibility index (Phi) is 7.51. The van der Waals surface area contributed by atoms with Crippen LogP contribution >= 0.6 is 11.6 Å². The van der Waals surface area contributed by atoms with E-state index in [0.29, 0.717) is 11.3 Å². The molecule has 0 saturated carbocycles. The summed E-state index contributed by atoms with van der Waals surface area (Å²) in [5.74, 6) is -2.95. The second-order valence-electron chi connectivity index (χ2n) is 7.46. The molecule has 1 N–H and O–H groups in total. The Morgan fingerprint density at radius 2 is 2.03 bits per heavy atom. The van der Waals surface area contributed by atoms with E-state index in [0.717, 1.165) is 0 Å². The van der Waals surface area contributed by atoms with Crippen LogP contribution < -0.4 is 5.32 Å². The largest absolute Gasteiger partial charge is 0.463 e. The van der Waals surface area contributed by atoms with Crippen molar-refractivity contribution in [1.82, 2.24) is 5.32 Å². The highest BCUT2D eigenvalue weighted by Crippen LogP contribution is 2.47. The summed E-state index contributed by atoms with van der Waals surface area (Å²) in [4.78, 5) is 26.2. The van der Waals surface area contributed by atoms with Crippen LogP contribution in [0.4, 0.5) is 0 Å². The zero-order chi connectivity index (χ0) is 22.6. The van der Waals surface area contributed by atoms with Gasteiger partial charge < -0.3 is 19.5 Å². The highest BCUT2D eigenvalue weighted by Gasteiger charge is 2.53. The monoisotopic (exact) mass is 434 g/mol. The first-order chi connectivity index (χ1) is 14.1. The smallest absolute Gasteiger partial charge is 0.336 e. The van der Waals surface area contributed by atoms with Crippen molar-refractivity contribution >= 4 is 23.5 Å². The van der Waals surface area contributed by atoms with Crippen LogP contribution in [0.25, 0.3) is 0 Å². The van der Waals surface area contributed by atoms with Crippen LogP contribution in [0, 0.1) is 17.2 Å². The Morgan fingerprint density at radius 3 is 2.57 bits per heavy atom. The van der Waals surface area contributed by atoms with E-state index in [-0.39, 0.29) is 28.9 Å². The molecule has 1 heterocycles. The maximum Gasteiger partial charge on any atom is 0.336 e. The molecule has 3 unspecified atom stereocenters. The predicted molar refractivity (Wildman–Crippen MR) is 112 cm³/mol. The van der Waals surface area contributed by atoms with Gasteiger partial charge >= 0.3 is 11.9 Å². The minimum absolute atomic E-state index is 0.164. The molecule has 0 saturated heterocycles. The van der Waals surface area contributed by atoms with Gasteiger partial charge in [0.05, 0.1) is 28.9 Å². The van der Waals surface area contributed by atoms with Gasteiger partial charge in [0.2, 0.25) is 0 Å². The Hall–Kier alpha value is -2.56. The van der Waals surface area contributed by atoms with E-state index in [2.05, 4.69) is 5.32 Å². The number of carbonyl (C=O) groups is 2. The topological polar surface area (TPSA) is 97.7 Å². The molecule has 0 spiro atoms. The Balaban J connectivity index is 2.83. The molecule has 0 amide bonds. The van der Waals surface area contributed by atoms with E-state index in [1.165, 1.54) is 7.11 Å². The predicted octanol–water partition coefficient (Wildman–Crippen LogP) is 3.67. The number of nitrogens with zero attached hydrogens (tertiary/aromatic N) is 1. The van der Waals surface area contributed by atoms with E-state index in [4.69, 9.17) is 25.8 Å². The van der Waals surface area contributed by atoms with E-state index in [9.17, 15) is 14.9 Å². The molecule has 0 aliphatic carbocycles. The molecule has 162 valence electrons. The van der Waals surface area contributed by atoms with E-state index < -0.39 is 29.5 Å². The van der Waals surface area contributed by atoms with Gasteiger partial charge in [0.25, 0.3) is 0 Å². The first-order valence-electron chi connectivity index (χ1n) is 9.71. The van der Waals surface area contributed by atoms with Gasteiger partial charge in [0.15, 0.2) is 0 Å². The molecular formula is C22H27ClN2O5. The van der Waals surface area contributed by atoms with Crippen molar-refractivity contribution < 1.29 is 23.8 Å². The molecule has 3 atom stereocenters. The second kappa shape index (κ2) is 9.50. The van der Waals surface area contributed by atoms with E-state index in [1.54, 1.807) is 52.8 Å². The molecule has 7 nitrogen and oxygen atoms in total. The van der Waals surface area contributed by atoms with Crippen molar-refractivity contribution in [2.45, 2.75) is 52.4 Å². The number of ether oxygens (including phenoxy) is 3. The quantitative estimate of drug-likeness (QED) is 0.682. The fraction of sp³-hybridized carbons (Fsp3) is 0.500. The summed E-state index contributed by atoms with van der Waals surface area (Å²) >= 11 is 6.54. The van der Waals surface area contributed by atoms with Crippen molar-refractivity contribution in [2.75, 3.05) is 13.7 Å². The number of carbonyl (C=O) groups excluding carboxylic acids is 2. The van der Waals surface area contributed by atoms with Gasteiger partial charge in [-0.1, -0.05) is 23.7 Å². The lowest BCUT2D eigenvalue weighted by atomic mass is 9.71. The van der Waals surface area contributed by atoms with Gasteiger partial charge in [-0.05, 0) is 46.2 Å². The number of hydrogen-bond donors (Lipinski definition) is 1. The number of halogens is 1. The number of rotatable bonds is 6. The molecule has 1 aliphatic heterocycles. The first-order valence-corrected chi connectivity index (χ1v) is 10.1. The molecule has 0 fully saturated rings. The summed E-state index contributed by atoms with van der Waals surface area (Å²) in [6.07, 6.45) is -0.377. The third-order valence-electron chi connectivity index (χ3n) is 5.09. The third-order valence-corrected chi connectivity index (χ3v) is 5.51. The lowest BCUT2D eigenvalue weighted by molar-refractivity contribution is -0.169. The average Bonchev–Trinajstić information content (AvgIpc) is 2.67. The number of nitriles is 1. The second-order valence-corrected chi connectivity index (χ2v) is 7.83. The fourth-order valence-electron chi connectivity index (χ4n) is 3.78. The number of nitrogens with one attached hydrogen (secondary N) is 1. The lowest BCUT2D eigenvalue weighted by Crippen LogP contribution is -2.59. The van der Waals surface area contributed by atoms with Gasteiger partial charge in [-0.25, -0.2) is 4.79 Å². The van der Waals surface area contributed by atoms with Crippen LogP contribution in [0.15, 0.2) is 29.5 Å². The molecule has 1 aliphatic rings. The molecule has 1 aromatic rings. The van der Waals surface area contributed by atoms with Crippen LogP contribution in [0.5, 0.6) is 0 Å². The van der Waals surface area contributed by atoms with Gasteiger partial charge in [0.1, 0.15) is 17.7 Å². The molecular weight excluding hydrogens is 408 g/mol. The van der Waals surface area contributed by atoms with Crippen molar-refractivity contribution in [3.05, 3.63) is 45.6 Å². The Labute approximate surface area is 181 Å². The van der Waals surface area contributed by atoms with E-state index >= 15 is 0 Å². The fourth-order valence-corrected chi connectivity index (χ4v) is 4.07. The summed E-state index contributed by atoms with van der Waals surface area (Å²) in [5.41, 5.74) is 0.240. The minimum atomic E-state index is -1.19. The molecule has 8 heteroatoms. The highest BCUT2D eigenvalue weighted by molar-refractivity contribution is 6.32. The van der Waals surface area contributed by atoms with Crippen LogP contribution in [-0.4, -0.2) is 37.5 Å². The Morgan fingerprint density at radius 1 is 1.37 bits per heavy atom. The van der Waals surface area contributed by atoms with Crippen LogP contribution in [0.2, 0.25) is 5.02 Å². The number of benzene rings is 1. The number of methoxy groups -OCH3 is 1. The van der Waals surface area contributed by atoms with Crippen molar-refractivity contribution in [3.8, 4) is 6.07 Å². The van der Waals surface area contributed by atoms with Crippen LogP contribution in [0.1, 0.15) is 51.7 Å². The minimum Gasteiger partial charge on any atom is -0.463 e. The van der Waals surface area contributed by atoms with Crippen molar-refractivity contribution in [1.29, 1.82) is 5.26 Å². The summed E-state index contributed by atoms with van der Waals surface area (Å²) in [7, 11) is 1.47. The SMILES string of the molecule is CCOC(=O)C1=C(C)NC(C)(OC)C(C(=O)OC(C)C)C1c1cccc(C#N)c1Cl. The van der Waals surface area contributed by atoms with Gasteiger partial charge in [0, 0.05) is 18.7 Å². The maximum absolute atomic E-state index is 13.2. The molecule has 2 rings (SSSR count).